The van der Waals surface area contributed by atoms with E-state index in [0.29, 0.717) is 19.0 Å². The average molecular weight is 199 g/mol. The fraction of sp³-hybridized carbons (Fsp3) is 0.444. The second-order valence-corrected chi connectivity index (χ2v) is 2.77. The molecular formula is C9H17N3O2. The fourth-order valence-electron chi connectivity index (χ4n) is 0.646. The van der Waals surface area contributed by atoms with Crippen LogP contribution in [0.5, 0.6) is 0 Å². The molecule has 0 aliphatic heterocycles. The fourth-order valence-corrected chi connectivity index (χ4v) is 0.646. The zero-order valence-electron chi connectivity index (χ0n) is 8.66. The Morgan fingerprint density at radius 3 is 2.57 bits per heavy atom. The van der Waals surface area contributed by atoms with E-state index in [-0.39, 0.29) is 11.6 Å². The number of methoxy groups -OCH3 is 1. The number of hydrogen-bond donors (Lipinski definition) is 2. The van der Waals surface area contributed by atoms with Crippen LogP contribution in [-0.2, 0) is 4.74 Å². The zero-order valence-corrected chi connectivity index (χ0v) is 8.66. The van der Waals surface area contributed by atoms with Gasteiger partial charge in [0.2, 0.25) is 0 Å². The largest absolute Gasteiger partial charge is 0.505 e. The number of aliphatic hydroxyl groups is 1. The van der Waals surface area contributed by atoms with Gasteiger partial charge in [-0.25, -0.2) is 4.99 Å². The van der Waals surface area contributed by atoms with Crippen molar-refractivity contribution in [2.45, 2.75) is 0 Å². The summed E-state index contributed by atoms with van der Waals surface area (Å²) < 4.78 is 4.89. The van der Waals surface area contributed by atoms with Gasteiger partial charge < -0.3 is 20.5 Å². The lowest BCUT2D eigenvalue weighted by Gasteiger charge is -2.17. The van der Waals surface area contributed by atoms with Crippen LogP contribution in [-0.4, -0.2) is 43.2 Å². The molecule has 0 saturated heterocycles. The summed E-state index contributed by atoms with van der Waals surface area (Å²) in [6, 6.07) is 0. The number of nitrogens with zero attached hydrogens (tertiary/aromatic N) is 2. The maximum Gasteiger partial charge on any atom is 0.167 e. The molecule has 0 saturated carbocycles. The van der Waals surface area contributed by atoms with Crippen molar-refractivity contribution in [2.24, 2.45) is 10.7 Å². The minimum atomic E-state index is -0.258. The highest BCUT2D eigenvalue weighted by Gasteiger charge is 2.02. The van der Waals surface area contributed by atoms with E-state index >= 15 is 0 Å². The van der Waals surface area contributed by atoms with Gasteiger partial charge in [0.1, 0.15) is 5.82 Å². The van der Waals surface area contributed by atoms with E-state index in [1.54, 1.807) is 19.1 Å². The molecule has 0 atom stereocenters. The molecule has 5 nitrogen and oxygen atoms in total. The van der Waals surface area contributed by atoms with E-state index < -0.39 is 0 Å². The Morgan fingerprint density at radius 2 is 2.14 bits per heavy atom. The predicted molar refractivity (Wildman–Crippen MR) is 57.0 cm³/mol. The number of amidine groups is 1. The number of hydrogen-bond acceptors (Lipinski definition) is 4. The van der Waals surface area contributed by atoms with Gasteiger partial charge >= 0.3 is 0 Å². The molecule has 0 bridgehead atoms. The third-order valence-corrected chi connectivity index (χ3v) is 1.62. The Balaban J connectivity index is 4.19. The first kappa shape index (κ1) is 12.5. The second-order valence-electron chi connectivity index (χ2n) is 2.77. The molecule has 0 radical (unpaired) electrons. The number of nitrogens with two attached hydrogens (primary N) is 1. The summed E-state index contributed by atoms with van der Waals surface area (Å²) in [7, 11) is 3.42. The first-order chi connectivity index (χ1) is 6.49. The molecule has 0 unspecified atom stereocenters. The lowest BCUT2D eigenvalue weighted by atomic mass is 10.5. The van der Waals surface area contributed by atoms with Crippen molar-refractivity contribution >= 4 is 5.84 Å². The average Bonchev–Trinajstić information content (AvgIpc) is 2.13. The van der Waals surface area contributed by atoms with Crippen molar-refractivity contribution in [1.29, 1.82) is 0 Å². The molecule has 0 amide bonds. The highest BCUT2D eigenvalue weighted by atomic mass is 16.5. The monoisotopic (exact) mass is 199 g/mol. The molecule has 0 aromatic rings. The summed E-state index contributed by atoms with van der Waals surface area (Å²) >= 11 is 0. The molecular weight excluding hydrogens is 182 g/mol. The van der Waals surface area contributed by atoms with E-state index in [1.807, 2.05) is 0 Å². The Morgan fingerprint density at radius 1 is 1.57 bits per heavy atom. The quantitative estimate of drug-likeness (QED) is 0.370. The van der Waals surface area contributed by atoms with E-state index in [4.69, 9.17) is 15.6 Å². The van der Waals surface area contributed by atoms with Gasteiger partial charge in [0, 0.05) is 20.7 Å². The first-order valence-electron chi connectivity index (χ1n) is 4.10. The summed E-state index contributed by atoms with van der Waals surface area (Å²) in [5.41, 5.74) is 5.37. The summed E-state index contributed by atoms with van der Waals surface area (Å²) in [6.45, 7) is 8.16. The van der Waals surface area contributed by atoms with Gasteiger partial charge in [-0.3, -0.25) is 0 Å². The van der Waals surface area contributed by atoms with Gasteiger partial charge in [-0.1, -0.05) is 13.2 Å². The van der Waals surface area contributed by atoms with Gasteiger partial charge in [-0.2, -0.15) is 0 Å². The Labute approximate surface area is 84.2 Å². The second kappa shape index (κ2) is 6.04. The van der Waals surface area contributed by atoms with Crippen molar-refractivity contribution < 1.29 is 9.84 Å². The predicted octanol–water partition coefficient (Wildman–Crippen LogP) is 0.465. The van der Waals surface area contributed by atoms with Crippen LogP contribution >= 0.6 is 0 Å². The number of rotatable bonds is 6. The lowest BCUT2D eigenvalue weighted by molar-refractivity contribution is 0.173. The highest BCUT2D eigenvalue weighted by molar-refractivity contribution is 5.94. The summed E-state index contributed by atoms with van der Waals surface area (Å²) in [5.74, 6) is 0.167. The van der Waals surface area contributed by atoms with Gasteiger partial charge in [-0.05, 0) is 0 Å². The maximum atomic E-state index is 8.89. The number of aliphatic hydroxyl groups excluding tert-OH is 1. The standard InChI is InChI=1S/C9H17N3O2/c1-7(13)9(10)11-8(2)12(3)5-6-14-4/h13H,1-2,5-6H2,3-4H3,(H2,10,11). The van der Waals surface area contributed by atoms with Crippen molar-refractivity contribution in [3.8, 4) is 0 Å². The topological polar surface area (TPSA) is 71.1 Å². The number of likely N-dealkylation sites (N-methyl/N-ethyl adjacent to an activating group) is 1. The van der Waals surface area contributed by atoms with E-state index in [1.165, 1.54) is 0 Å². The Bertz CT molecular complexity index is 248. The molecule has 5 heteroatoms. The molecule has 0 aromatic heterocycles. The molecule has 14 heavy (non-hydrogen) atoms. The molecule has 0 fully saturated rings. The molecule has 0 aliphatic carbocycles. The van der Waals surface area contributed by atoms with Crippen LogP contribution in [0, 0.1) is 0 Å². The normalized spacial score (nSPS) is 11.1. The SMILES string of the molecule is C=C(O)/C(N)=N\C(=C)N(C)CCOC. The van der Waals surface area contributed by atoms with E-state index in [0.717, 1.165) is 0 Å². The molecule has 0 heterocycles. The number of ether oxygens (including phenoxy) is 1. The van der Waals surface area contributed by atoms with Crippen molar-refractivity contribution in [2.75, 3.05) is 27.3 Å². The lowest BCUT2D eigenvalue weighted by Crippen LogP contribution is -2.23. The van der Waals surface area contributed by atoms with Crippen molar-refractivity contribution in [1.82, 2.24) is 4.90 Å². The van der Waals surface area contributed by atoms with Crippen LogP contribution in [0.25, 0.3) is 0 Å². The molecule has 0 aliphatic rings. The van der Waals surface area contributed by atoms with Gasteiger partial charge in [-0.15, -0.1) is 0 Å². The Kier molecular flexibility index (Phi) is 5.40. The minimum Gasteiger partial charge on any atom is -0.505 e. The highest BCUT2D eigenvalue weighted by Crippen LogP contribution is 2.00. The first-order valence-corrected chi connectivity index (χ1v) is 4.10. The number of aliphatic imine (C=N–C) groups is 1. The maximum absolute atomic E-state index is 8.89. The smallest absolute Gasteiger partial charge is 0.167 e. The molecule has 80 valence electrons. The molecule has 0 spiro atoms. The summed E-state index contributed by atoms with van der Waals surface area (Å²) in [6.07, 6.45) is 0. The summed E-state index contributed by atoms with van der Waals surface area (Å²) in [5, 5.41) is 8.89. The van der Waals surface area contributed by atoms with Crippen LogP contribution in [0.4, 0.5) is 0 Å². The third-order valence-electron chi connectivity index (χ3n) is 1.62. The van der Waals surface area contributed by atoms with E-state index in [2.05, 4.69) is 18.2 Å². The molecule has 3 N–H and O–H groups in total. The van der Waals surface area contributed by atoms with Gasteiger partial charge in [0.25, 0.3) is 0 Å². The van der Waals surface area contributed by atoms with E-state index in [9.17, 15) is 0 Å². The minimum absolute atomic E-state index is 0.0285. The van der Waals surface area contributed by atoms with Gasteiger partial charge in [0.15, 0.2) is 11.6 Å². The van der Waals surface area contributed by atoms with Crippen LogP contribution in [0.1, 0.15) is 0 Å². The van der Waals surface area contributed by atoms with Crippen molar-refractivity contribution in [3.63, 3.8) is 0 Å². The molecule has 0 rings (SSSR count). The van der Waals surface area contributed by atoms with Gasteiger partial charge in [0.05, 0.1) is 6.61 Å². The van der Waals surface area contributed by atoms with Crippen LogP contribution in [0.2, 0.25) is 0 Å². The van der Waals surface area contributed by atoms with Crippen molar-refractivity contribution in [3.05, 3.63) is 24.7 Å². The summed E-state index contributed by atoms with van der Waals surface area (Å²) in [4.78, 5) is 5.61. The van der Waals surface area contributed by atoms with Crippen LogP contribution < -0.4 is 5.73 Å². The zero-order chi connectivity index (χ0) is 11.1. The van der Waals surface area contributed by atoms with Crippen LogP contribution in [0.3, 0.4) is 0 Å². The molecule has 0 aromatic carbocycles. The Hall–Kier alpha value is -1.49. The third kappa shape index (κ3) is 4.51. The van der Waals surface area contributed by atoms with Crippen LogP contribution in [0.15, 0.2) is 29.7 Å².